The van der Waals surface area contributed by atoms with Gasteiger partial charge < -0.3 is 10.0 Å². The number of amides is 1. The lowest BCUT2D eigenvalue weighted by atomic mass is 10.1. The van der Waals surface area contributed by atoms with E-state index in [0.717, 1.165) is 23.1 Å². The second-order valence-electron chi connectivity index (χ2n) is 5.73. The molecule has 0 spiro atoms. The molecule has 1 atom stereocenters. The van der Waals surface area contributed by atoms with Crippen LogP contribution in [0.2, 0.25) is 0 Å². The molecule has 0 bridgehead atoms. The highest BCUT2D eigenvalue weighted by Gasteiger charge is 2.36. The first-order chi connectivity index (χ1) is 11.7. The summed E-state index contributed by atoms with van der Waals surface area (Å²) >= 11 is 0. The molecule has 9 heteroatoms. The Bertz CT molecular complexity index is 777. The predicted octanol–water partition coefficient (Wildman–Crippen LogP) is 1.55. The van der Waals surface area contributed by atoms with Crippen LogP contribution in [-0.2, 0) is 14.8 Å². The maximum Gasteiger partial charge on any atom is 0.326 e. The molecule has 0 aliphatic carbocycles. The largest absolute Gasteiger partial charge is 0.480 e. The zero-order valence-corrected chi connectivity index (χ0v) is 14.9. The van der Waals surface area contributed by atoms with E-state index >= 15 is 0 Å². The van der Waals surface area contributed by atoms with Crippen LogP contribution in [0.25, 0.3) is 0 Å². The van der Waals surface area contributed by atoms with E-state index in [1.54, 1.807) is 13.8 Å². The minimum absolute atomic E-state index is 0.188. The fourth-order valence-corrected chi connectivity index (χ4v) is 4.45. The second kappa shape index (κ2) is 7.49. The Morgan fingerprint density at radius 2 is 1.96 bits per heavy atom. The Morgan fingerprint density at radius 1 is 1.32 bits per heavy atom. The molecule has 7 nitrogen and oxygen atoms in total. The van der Waals surface area contributed by atoms with E-state index in [1.165, 1.54) is 4.31 Å². The molecule has 1 aromatic carbocycles. The number of aliphatic carboxylic acids is 1. The van der Waals surface area contributed by atoms with Crippen molar-refractivity contribution in [1.82, 2.24) is 9.21 Å². The summed E-state index contributed by atoms with van der Waals surface area (Å²) in [7, 11) is -3.85. The molecule has 138 valence electrons. The van der Waals surface area contributed by atoms with Gasteiger partial charge in [-0.15, -0.1) is 0 Å². The summed E-state index contributed by atoms with van der Waals surface area (Å²) < 4.78 is 40.5. The van der Waals surface area contributed by atoms with Crippen molar-refractivity contribution in [2.75, 3.05) is 19.6 Å². The molecule has 25 heavy (non-hydrogen) atoms. The van der Waals surface area contributed by atoms with E-state index in [4.69, 9.17) is 0 Å². The number of likely N-dealkylation sites (tertiary alicyclic amines) is 1. The molecule has 0 radical (unpaired) electrons. The normalized spacial score (nSPS) is 17.9. The minimum atomic E-state index is -3.85. The molecule has 0 saturated carbocycles. The van der Waals surface area contributed by atoms with Crippen molar-refractivity contribution >= 4 is 21.9 Å². The van der Waals surface area contributed by atoms with E-state index < -0.39 is 39.3 Å². The molecule has 1 aliphatic heterocycles. The molecule has 1 aliphatic rings. The Hall–Kier alpha value is -2.00. The van der Waals surface area contributed by atoms with Gasteiger partial charge >= 0.3 is 5.97 Å². The highest BCUT2D eigenvalue weighted by atomic mass is 32.2. The van der Waals surface area contributed by atoms with Crippen LogP contribution in [-0.4, -0.2) is 60.3 Å². The van der Waals surface area contributed by atoms with E-state index in [9.17, 15) is 27.5 Å². The van der Waals surface area contributed by atoms with Crippen molar-refractivity contribution in [2.45, 2.75) is 37.6 Å². The molecule has 2 rings (SSSR count). The number of carboxylic acid groups (broad SMARTS) is 1. The fourth-order valence-electron chi connectivity index (χ4n) is 2.96. The van der Waals surface area contributed by atoms with Gasteiger partial charge in [0.25, 0.3) is 5.91 Å². The van der Waals surface area contributed by atoms with Gasteiger partial charge in [-0.2, -0.15) is 4.31 Å². The Morgan fingerprint density at radius 3 is 2.52 bits per heavy atom. The number of halogens is 1. The number of carboxylic acids is 1. The monoisotopic (exact) mass is 372 g/mol. The second-order valence-corrected chi connectivity index (χ2v) is 7.66. The summed E-state index contributed by atoms with van der Waals surface area (Å²) in [6.07, 6.45) is 0.794. The molecule has 1 N–H and O–H groups in total. The van der Waals surface area contributed by atoms with Crippen molar-refractivity contribution in [2.24, 2.45) is 0 Å². The van der Waals surface area contributed by atoms with Gasteiger partial charge in [-0.1, -0.05) is 13.8 Å². The van der Waals surface area contributed by atoms with Crippen LogP contribution in [0.15, 0.2) is 23.1 Å². The molecule has 1 heterocycles. The SMILES string of the molecule is CCN(CC)S(=O)(=O)c1ccc(F)c(C(=O)N2CCC[C@@H]2C(=O)O)c1. The zero-order valence-electron chi connectivity index (χ0n) is 14.1. The van der Waals surface area contributed by atoms with Gasteiger partial charge in [-0.05, 0) is 31.0 Å². The van der Waals surface area contributed by atoms with Crippen LogP contribution in [0.4, 0.5) is 4.39 Å². The maximum absolute atomic E-state index is 14.2. The highest BCUT2D eigenvalue weighted by Crippen LogP contribution is 2.24. The fraction of sp³-hybridized carbons (Fsp3) is 0.500. The highest BCUT2D eigenvalue weighted by molar-refractivity contribution is 7.89. The quantitative estimate of drug-likeness (QED) is 0.817. The van der Waals surface area contributed by atoms with E-state index in [-0.39, 0.29) is 24.5 Å². The molecule has 1 aromatic rings. The van der Waals surface area contributed by atoms with Gasteiger partial charge in [0, 0.05) is 19.6 Å². The number of carbonyl (C=O) groups is 2. The summed E-state index contributed by atoms with van der Waals surface area (Å²) in [6, 6.07) is 2.01. The molecule has 0 unspecified atom stereocenters. The summed E-state index contributed by atoms with van der Waals surface area (Å²) in [4.78, 5) is 24.7. The van der Waals surface area contributed by atoms with Crippen LogP contribution in [0.5, 0.6) is 0 Å². The first kappa shape index (κ1) is 19.3. The van der Waals surface area contributed by atoms with E-state index in [2.05, 4.69) is 0 Å². The zero-order chi connectivity index (χ0) is 18.8. The number of benzene rings is 1. The van der Waals surface area contributed by atoms with E-state index in [0.29, 0.717) is 12.8 Å². The number of hydrogen-bond donors (Lipinski definition) is 1. The van der Waals surface area contributed by atoms with Crippen molar-refractivity contribution in [3.05, 3.63) is 29.6 Å². The van der Waals surface area contributed by atoms with Gasteiger partial charge in [-0.25, -0.2) is 17.6 Å². The van der Waals surface area contributed by atoms with Crippen molar-refractivity contribution in [3.63, 3.8) is 0 Å². The number of sulfonamides is 1. The Labute approximate surface area is 146 Å². The van der Waals surface area contributed by atoms with Crippen LogP contribution < -0.4 is 0 Å². The summed E-state index contributed by atoms with van der Waals surface area (Å²) in [5.41, 5.74) is -0.429. The van der Waals surface area contributed by atoms with Gasteiger partial charge in [0.15, 0.2) is 0 Å². The van der Waals surface area contributed by atoms with Gasteiger partial charge in [0.05, 0.1) is 10.5 Å². The van der Waals surface area contributed by atoms with Crippen LogP contribution >= 0.6 is 0 Å². The first-order valence-electron chi connectivity index (χ1n) is 8.07. The van der Waals surface area contributed by atoms with Crippen molar-refractivity contribution < 1.29 is 27.5 Å². The molecular formula is C16H21FN2O5S. The standard InChI is InChI=1S/C16H21FN2O5S/c1-3-18(4-2)25(23,24)11-7-8-13(17)12(10-11)15(20)19-9-5-6-14(19)16(21)22/h7-8,10,14H,3-6,9H2,1-2H3,(H,21,22)/t14-/m1/s1. The summed E-state index contributed by atoms with van der Waals surface area (Å²) in [6.45, 7) is 4.04. The summed E-state index contributed by atoms with van der Waals surface area (Å²) in [5, 5.41) is 9.18. The van der Waals surface area contributed by atoms with Gasteiger partial charge in [-0.3, -0.25) is 4.79 Å². The topological polar surface area (TPSA) is 95.0 Å². The average Bonchev–Trinajstić information content (AvgIpc) is 3.05. The third-order valence-electron chi connectivity index (χ3n) is 4.31. The maximum atomic E-state index is 14.2. The molecule has 1 amide bonds. The Balaban J connectivity index is 2.43. The number of carbonyl (C=O) groups excluding carboxylic acids is 1. The van der Waals surface area contributed by atoms with Crippen LogP contribution in [0, 0.1) is 5.82 Å². The van der Waals surface area contributed by atoms with Crippen molar-refractivity contribution in [3.8, 4) is 0 Å². The smallest absolute Gasteiger partial charge is 0.326 e. The third kappa shape index (κ3) is 3.67. The molecular weight excluding hydrogens is 351 g/mol. The van der Waals surface area contributed by atoms with Crippen molar-refractivity contribution in [1.29, 1.82) is 0 Å². The van der Waals surface area contributed by atoms with Crippen LogP contribution in [0.1, 0.15) is 37.0 Å². The number of nitrogens with zero attached hydrogens (tertiary/aromatic N) is 2. The predicted molar refractivity (Wildman–Crippen MR) is 88.2 cm³/mol. The molecule has 0 aromatic heterocycles. The third-order valence-corrected chi connectivity index (χ3v) is 6.36. The number of rotatable bonds is 6. The lowest BCUT2D eigenvalue weighted by molar-refractivity contribution is -0.141. The van der Waals surface area contributed by atoms with Gasteiger partial charge in [0.2, 0.25) is 10.0 Å². The number of hydrogen-bond acceptors (Lipinski definition) is 4. The summed E-state index contributed by atoms with van der Waals surface area (Å²) in [5.74, 6) is -2.84. The first-order valence-corrected chi connectivity index (χ1v) is 9.51. The minimum Gasteiger partial charge on any atom is -0.480 e. The van der Waals surface area contributed by atoms with Crippen LogP contribution in [0.3, 0.4) is 0 Å². The van der Waals surface area contributed by atoms with Gasteiger partial charge in [0.1, 0.15) is 11.9 Å². The lowest BCUT2D eigenvalue weighted by Gasteiger charge is -2.23. The van der Waals surface area contributed by atoms with E-state index in [1.807, 2.05) is 0 Å². The lowest BCUT2D eigenvalue weighted by Crippen LogP contribution is -2.40. The molecule has 1 saturated heterocycles. The average molecular weight is 372 g/mol. The Kier molecular flexibility index (Phi) is 5.79. The molecule has 1 fully saturated rings.